The van der Waals surface area contributed by atoms with Crippen molar-refractivity contribution < 1.29 is 39.8 Å². The van der Waals surface area contributed by atoms with Crippen molar-refractivity contribution in [1.29, 1.82) is 0 Å². The average Bonchev–Trinajstić information content (AvgIpc) is 3.21. The van der Waals surface area contributed by atoms with Gasteiger partial charge in [-0.1, -0.05) is 149 Å². The Bertz CT molecular complexity index is 1250. The maximum atomic E-state index is 12.8. The second-order valence-corrected chi connectivity index (χ2v) is 14.4. The molecule has 322 valence electrons. The van der Waals surface area contributed by atoms with Crippen LogP contribution in [0.3, 0.4) is 0 Å². The molecule has 1 aliphatic rings. The average molecular weight is 796 g/mol. The molecule has 0 aromatic rings. The van der Waals surface area contributed by atoms with Gasteiger partial charge in [0.15, 0.2) is 6.29 Å². The second-order valence-electron chi connectivity index (χ2n) is 14.4. The third-order valence-corrected chi connectivity index (χ3v) is 9.35. The number of allylic oxidation sites excluding steroid dienone is 17. The molecule has 0 bridgehead atoms. The molecule has 57 heavy (non-hydrogen) atoms. The molecule has 0 aliphatic carbocycles. The van der Waals surface area contributed by atoms with Gasteiger partial charge < -0.3 is 40.3 Å². The first-order valence-corrected chi connectivity index (χ1v) is 21.6. The van der Waals surface area contributed by atoms with Gasteiger partial charge in [-0.05, 0) is 83.5 Å². The Labute approximate surface area is 345 Å². The molecule has 1 aliphatic heterocycles. The zero-order valence-corrected chi connectivity index (χ0v) is 35.0. The van der Waals surface area contributed by atoms with Gasteiger partial charge in [-0.15, -0.1) is 0 Å². The monoisotopic (exact) mass is 796 g/mol. The minimum atomic E-state index is -1.57. The minimum absolute atomic E-state index is 0.209. The van der Waals surface area contributed by atoms with Crippen LogP contribution in [-0.2, 0) is 14.3 Å². The fourth-order valence-corrected chi connectivity index (χ4v) is 5.87. The maximum absolute atomic E-state index is 12.8. The summed E-state index contributed by atoms with van der Waals surface area (Å²) in [6, 6.07) is -0.822. The summed E-state index contributed by atoms with van der Waals surface area (Å²) >= 11 is 0. The summed E-state index contributed by atoms with van der Waals surface area (Å²) in [6.07, 6.45) is 47.6. The summed E-state index contributed by atoms with van der Waals surface area (Å²) in [5.74, 6) is -0.216. The molecular weight excluding hydrogens is 719 g/mol. The number of ether oxygens (including phenoxy) is 2. The van der Waals surface area contributed by atoms with E-state index in [4.69, 9.17) is 9.47 Å². The third-order valence-electron chi connectivity index (χ3n) is 9.35. The normalized spacial score (nSPS) is 22.1. The van der Waals surface area contributed by atoms with Crippen molar-refractivity contribution in [3.05, 3.63) is 109 Å². The van der Waals surface area contributed by atoms with Crippen LogP contribution in [0.25, 0.3) is 0 Å². The van der Waals surface area contributed by atoms with Crippen molar-refractivity contribution in [2.45, 2.75) is 172 Å². The van der Waals surface area contributed by atoms with Crippen molar-refractivity contribution in [2.24, 2.45) is 0 Å². The van der Waals surface area contributed by atoms with E-state index in [2.05, 4.69) is 116 Å². The summed E-state index contributed by atoms with van der Waals surface area (Å²) in [7, 11) is 0. The lowest BCUT2D eigenvalue weighted by atomic mass is 9.99. The van der Waals surface area contributed by atoms with E-state index in [1.807, 2.05) is 6.08 Å². The van der Waals surface area contributed by atoms with E-state index in [0.717, 1.165) is 109 Å². The van der Waals surface area contributed by atoms with Gasteiger partial charge in [0.1, 0.15) is 24.4 Å². The molecule has 1 fully saturated rings. The minimum Gasteiger partial charge on any atom is -0.394 e. The highest BCUT2D eigenvalue weighted by atomic mass is 16.7. The summed E-state index contributed by atoms with van der Waals surface area (Å²) in [5.41, 5.74) is 0. The van der Waals surface area contributed by atoms with Gasteiger partial charge in [0.05, 0.1) is 25.4 Å². The van der Waals surface area contributed by atoms with Crippen LogP contribution in [0, 0.1) is 0 Å². The van der Waals surface area contributed by atoms with Crippen molar-refractivity contribution >= 4 is 5.91 Å². The van der Waals surface area contributed by atoms with Crippen LogP contribution >= 0.6 is 0 Å². The summed E-state index contributed by atoms with van der Waals surface area (Å²) in [4.78, 5) is 12.8. The zero-order valence-electron chi connectivity index (χ0n) is 35.0. The van der Waals surface area contributed by atoms with Gasteiger partial charge in [-0.25, -0.2) is 0 Å². The lowest BCUT2D eigenvalue weighted by Gasteiger charge is -2.40. The van der Waals surface area contributed by atoms with Crippen molar-refractivity contribution in [1.82, 2.24) is 5.32 Å². The van der Waals surface area contributed by atoms with E-state index in [1.54, 1.807) is 6.08 Å². The number of aliphatic hydroxyl groups is 5. The molecule has 0 saturated carbocycles. The molecule has 1 rings (SSSR count). The smallest absolute Gasteiger partial charge is 0.220 e. The SMILES string of the molecule is CC/C=C\C/C=C\C/C=C\C/C=C\C/C=C\C/C=C\C/C=C\C/C=C\CCCCCCC(=O)NC(COC1OC(CO)C(O)C(O)C1O)C(O)/C=C/CCCCC. The van der Waals surface area contributed by atoms with Gasteiger partial charge >= 0.3 is 0 Å². The van der Waals surface area contributed by atoms with E-state index >= 15 is 0 Å². The Morgan fingerprint density at radius 1 is 0.614 bits per heavy atom. The number of unbranched alkanes of at least 4 members (excludes halogenated alkanes) is 7. The van der Waals surface area contributed by atoms with Crippen molar-refractivity contribution in [3.63, 3.8) is 0 Å². The Morgan fingerprint density at radius 2 is 1.09 bits per heavy atom. The highest BCUT2D eigenvalue weighted by Gasteiger charge is 2.44. The predicted molar refractivity (Wildman–Crippen MR) is 234 cm³/mol. The molecule has 6 N–H and O–H groups in total. The standard InChI is InChI=1S/C48H77NO8/c1-3-5-7-9-10-11-12-13-14-15-16-17-18-19-20-21-22-23-24-25-26-27-28-29-30-31-32-34-36-38-44(52)49-41(42(51)37-35-33-8-6-4-2)40-56-48-47(55)46(54)45(53)43(39-50)57-48/h5,7,10-11,13-14,16-17,19-20,22-23,25-26,28-29,35,37,41-43,45-48,50-51,53-55H,3-4,6,8-9,12,15,18,21,24,27,30-34,36,38-40H2,1-2H3,(H,49,52)/b7-5-,11-10-,14-13-,17-16-,20-19-,23-22-,26-25-,29-28-,37-35+. The number of nitrogens with one attached hydrogen (secondary N) is 1. The van der Waals surface area contributed by atoms with Gasteiger partial charge in [0.25, 0.3) is 0 Å². The number of hydrogen-bond donors (Lipinski definition) is 6. The molecule has 0 radical (unpaired) electrons. The van der Waals surface area contributed by atoms with Crippen LogP contribution in [0.4, 0.5) is 0 Å². The number of carbonyl (C=O) groups is 1. The molecule has 1 heterocycles. The van der Waals surface area contributed by atoms with E-state index in [9.17, 15) is 30.3 Å². The molecule has 0 aromatic heterocycles. The van der Waals surface area contributed by atoms with E-state index in [1.165, 1.54) is 0 Å². The number of aliphatic hydroxyl groups excluding tert-OH is 5. The lowest BCUT2D eigenvalue weighted by Crippen LogP contribution is -2.60. The fraction of sp³-hybridized carbons (Fsp3) is 0.604. The fourth-order valence-electron chi connectivity index (χ4n) is 5.87. The van der Waals surface area contributed by atoms with Gasteiger partial charge in [0.2, 0.25) is 5.91 Å². The van der Waals surface area contributed by atoms with Crippen LogP contribution in [-0.4, -0.2) is 87.5 Å². The van der Waals surface area contributed by atoms with Gasteiger partial charge in [-0.3, -0.25) is 4.79 Å². The van der Waals surface area contributed by atoms with Crippen LogP contribution in [0.5, 0.6) is 0 Å². The number of hydrogen-bond acceptors (Lipinski definition) is 8. The highest BCUT2D eigenvalue weighted by Crippen LogP contribution is 2.22. The maximum Gasteiger partial charge on any atom is 0.220 e. The van der Waals surface area contributed by atoms with Crippen molar-refractivity contribution in [3.8, 4) is 0 Å². The molecule has 0 aromatic carbocycles. The van der Waals surface area contributed by atoms with Crippen LogP contribution in [0.15, 0.2) is 109 Å². The van der Waals surface area contributed by atoms with Crippen LogP contribution in [0.2, 0.25) is 0 Å². The Morgan fingerprint density at radius 3 is 1.60 bits per heavy atom. The number of amides is 1. The van der Waals surface area contributed by atoms with E-state index in [0.29, 0.717) is 6.42 Å². The quantitative estimate of drug-likeness (QED) is 0.0286. The zero-order chi connectivity index (χ0) is 41.6. The molecule has 9 nitrogen and oxygen atoms in total. The number of rotatable bonds is 33. The predicted octanol–water partition coefficient (Wildman–Crippen LogP) is 8.72. The Kier molecular flexibility index (Phi) is 33.8. The molecule has 7 unspecified atom stereocenters. The molecular formula is C48H77NO8. The topological polar surface area (TPSA) is 149 Å². The Hall–Kier alpha value is -3.15. The van der Waals surface area contributed by atoms with Gasteiger partial charge in [-0.2, -0.15) is 0 Å². The van der Waals surface area contributed by atoms with Crippen LogP contribution in [0.1, 0.15) is 129 Å². The van der Waals surface area contributed by atoms with Crippen LogP contribution < -0.4 is 5.32 Å². The summed E-state index contributed by atoms with van der Waals surface area (Å²) in [6.45, 7) is 3.49. The second kappa shape index (κ2) is 37.1. The molecule has 7 atom stereocenters. The first-order chi connectivity index (χ1) is 27.8. The first kappa shape index (κ1) is 51.9. The van der Waals surface area contributed by atoms with E-state index in [-0.39, 0.29) is 12.5 Å². The Balaban J connectivity index is 2.22. The molecule has 9 heteroatoms. The van der Waals surface area contributed by atoms with Crippen molar-refractivity contribution in [2.75, 3.05) is 13.2 Å². The summed E-state index contributed by atoms with van der Waals surface area (Å²) in [5, 5.41) is 53.6. The van der Waals surface area contributed by atoms with Gasteiger partial charge in [0, 0.05) is 6.42 Å². The number of carbonyl (C=O) groups excluding carboxylic acids is 1. The molecule has 1 saturated heterocycles. The lowest BCUT2D eigenvalue weighted by molar-refractivity contribution is -0.302. The molecule has 0 spiro atoms. The molecule has 1 amide bonds. The summed E-state index contributed by atoms with van der Waals surface area (Å²) < 4.78 is 11.1. The third kappa shape index (κ3) is 28.0. The first-order valence-electron chi connectivity index (χ1n) is 21.6. The highest BCUT2D eigenvalue weighted by molar-refractivity contribution is 5.76. The van der Waals surface area contributed by atoms with E-state index < -0.39 is 49.5 Å². The largest absolute Gasteiger partial charge is 0.394 e.